The van der Waals surface area contributed by atoms with E-state index in [-0.39, 0.29) is 22.0 Å². The Hall–Kier alpha value is -0.540. The Morgan fingerprint density at radius 3 is 1.92 bits per heavy atom. The summed E-state index contributed by atoms with van der Waals surface area (Å²) in [6, 6.07) is 0. The molecule has 0 spiro atoms. The molecule has 5 heteroatoms. The van der Waals surface area contributed by atoms with Crippen LogP contribution < -0.4 is 0 Å². The third-order valence-electron chi connectivity index (χ3n) is 1.33. The van der Waals surface area contributed by atoms with E-state index in [1.165, 1.54) is 0 Å². The van der Waals surface area contributed by atoms with Crippen LogP contribution in [0.1, 0.15) is 25.6 Å². The van der Waals surface area contributed by atoms with Crippen molar-refractivity contribution in [1.82, 2.24) is 9.97 Å². The van der Waals surface area contributed by atoms with Crippen molar-refractivity contribution in [1.29, 1.82) is 0 Å². The summed E-state index contributed by atoms with van der Waals surface area (Å²) in [6.07, 6.45) is 0. The van der Waals surface area contributed by atoms with Crippen LogP contribution in [0.3, 0.4) is 0 Å². The second-order valence-electron chi connectivity index (χ2n) is 2.67. The second kappa shape index (κ2) is 3.46. The molecule has 66 valence electrons. The van der Waals surface area contributed by atoms with Crippen LogP contribution in [0.2, 0.25) is 10.3 Å². The highest BCUT2D eigenvalue weighted by Gasteiger charge is 2.11. The van der Waals surface area contributed by atoms with Gasteiger partial charge >= 0.3 is 0 Å². The molecule has 0 saturated heterocycles. The molecule has 0 aliphatic carbocycles. The number of halogens is 2. The van der Waals surface area contributed by atoms with E-state index < -0.39 is 0 Å². The summed E-state index contributed by atoms with van der Waals surface area (Å²) in [5.74, 6) is 0.408. The monoisotopic (exact) mass is 206 g/mol. The number of hydrogen-bond acceptors (Lipinski definition) is 3. The fourth-order valence-corrected chi connectivity index (χ4v) is 1.08. The summed E-state index contributed by atoms with van der Waals surface area (Å²) in [6.45, 7) is 3.83. The number of hydrogen-bond donors (Lipinski definition) is 1. The Morgan fingerprint density at radius 2 is 1.58 bits per heavy atom. The molecule has 1 heterocycles. The Morgan fingerprint density at radius 1 is 1.17 bits per heavy atom. The number of rotatable bonds is 1. The van der Waals surface area contributed by atoms with Crippen LogP contribution in [0, 0.1) is 0 Å². The van der Waals surface area contributed by atoms with E-state index in [2.05, 4.69) is 9.97 Å². The molecular formula is C7H8Cl2N2O. The lowest BCUT2D eigenvalue weighted by Crippen LogP contribution is -1.97. The second-order valence-corrected chi connectivity index (χ2v) is 3.38. The average molecular weight is 207 g/mol. The minimum atomic E-state index is -0.261. The molecule has 0 saturated carbocycles. The van der Waals surface area contributed by atoms with Crippen molar-refractivity contribution >= 4 is 23.2 Å². The van der Waals surface area contributed by atoms with Crippen LogP contribution >= 0.6 is 23.2 Å². The number of aromatic nitrogens is 2. The fraction of sp³-hybridized carbons (Fsp3) is 0.429. The molecule has 0 bridgehead atoms. The van der Waals surface area contributed by atoms with Crippen molar-refractivity contribution in [2.75, 3.05) is 0 Å². The van der Waals surface area contributed by atoms with Gasteiger partial charge in [-0.3, -0.25) is 0 Å². The molecule has 12 heavy (non-hydrogen) atoms. The van der Waals surface area contributed by atoms with Crippen LogP contribution in [-0.2, 0) is 0 Å². The van der Waals surface area contributed by atoms with Crippen molar-refractivity contribution in [3.8, 4) is 5.75 Å². The molecule has 0 fully saturated rings. The van der Waals surface area contributed by atoms with Gasteiger partial charge in [0.05, 0.1) is 0 Å². The maximum atomic E-state index is 9.12. The van der Waals surface area contributed by atoms with E-state index >= 15 is 0 Å². The van der Waals surface area contributed by atoms with Gasteiger partial charge in [-0.1, -0.05) is 37.0 Å². The first kappa shape index (κ1) is 9.55. The van der Waals surface area contributed by atoms with E-state index in [1.54, 1.807) is 0 Å². The predicted octanol–water partition coefficient (Wildman–Crippen LogP) is 2.61. The van der Waals surface area contributed by atoms with Crippen LogP contribution in [0.15, 0.2) is 0 Å². The zero-order valence-corrected chi connectivity index (χ0v) is 8.19. The normalized spacial score (nSPS) is 10.8. The fourth-order valence-electron chi connectivity index (χ4n) is 0.675. The molecule has 0 aromatic carbocycles. The molecule has 0 radical (unpaired) electrons. The molecule has 3 nitrogen and oxygen atoms in total. The third-order valence-corrected chi connectivity index (χ3v) is 1.86. The highest BCUT2D eigenvalue weighted by molar-refractivity contribution is 6.35. The lowest BCUT2D eigenvalue weighted by atomic mass is 10.2. The van der Waals surface area contributed by atoms with Gasteiger partial charge in [-0.15, -0.1) is 0 Å². The molecule has 1 N–H and O–H groups in total. The topological polar surface area (TPSA) is 46.0 Å². The number of nitrogens with zero attached hydrogens (tertiary/aromatic N) is 2. The minimum absolute atomic E-state index is 0.00120. The van der Waals surface area contributed by atoms with Gasteiger partial charge in [0, 0.05) is 5.92 Å². The average Bonchev–Trinajstić information content (AvgIpc) is 1.99. The van der Waals surface area contributed by atoms with E-state index in [0.717, 1.165) is 0 Å². The van der Waals surface area contributed by atoms with Gasteiger partial charge in [0.25, 0.3) is 0 Å². The summed E-state index contributed by atoms with van der Waals surface area (Å²) in [4.78, 5) is 7.71. The summed E-state index contributed by atoms with van der Waals surface area (Å²) in [5.41, 5.74) is 0. The Kier molecular flexibility index (Phi) is 2.75. The highest BCUT2D eigenvalue weighted by atomic mass is 35.5. The summed E-state index contributed by atoms with van der Waals surface area (Å²) in [7, 11) is 0. The van der Waals surface area contributed by atoms with Gasteiger partial charge in [-0.2, -0.15) is 0 Å². The van der Waals surface area contributed by atoms with E-state index in [0.29, 0.717) is 5.82 Å². The Balaban J connectivity index is 3.21. The Bertz CT molecular complexity index is 278. The zero-order chi connectivity index (χ0) is 9.30. The van der Waals surface area contributed by atoms with Gasteiger partial charge in [-0.25, -0.2) is 9.97 Å². The third kappa shape index (κ3) is 1.79. The van der Waals surface area contributed by atoms with Gasteiger partial charge in [0.1, 0.15) is 5.82 Å². The van der Waals surface area contributed by atoms with Crippen molar-refractivity contribution < 1.29 is 5.11 Å². The first-order chi connectivity index (χ1) is 5.52. The molecule has 0 aliphatic rings. The molecular weight excluding hydrogens is 199 g/mol. The van der Waals surface area contributed by atoms with E-state index in [9.17, 15) is 0 Å². The molecule has 0 unspecified atom stereocenters. The largest absolute Gasteiger partial charge is 0.503 e. The van der Waals surface area contributed by atoms with Crippen molar-refractivity contribution in [2.45, 2.75) is 19.8 Å². The lowest BCUT2D eigenvalue weighted by molar-refractivity contribution is 0.468. The van der Waals surface area contributed by atoms with Crippen molar-refractivity contribution in [3.63, 3.8) is 0 Å². The van der Waals surface area contributed by atoms with Crippen LogP contribution in [0.5, 0.6) is 5.75 Å². The summed E-state index contributed by atoms with van der Waals surface area (Å²) in [5, 5.41) is 9.12. The van der Waals surface area contributed by atoms with E-state index in [1.807, 2.05) is 13.8 Å². The standard InChI is InChI=1S/C7H8Cl2N2O/c1-3(2)7-10-5(8)4(12)6(9)11-7/h3,12H,1-2H3. The lowest BCUT2D eigenvalue weighted by Gasteiger charge is -2.05. The quantitative estimate of drug-likeness (QED) is 0.720. The number of aromatic hydroxyl groups is 1. The Labute approximate surface area is 80.4 Å². The highest BCUT2D eigenvalue weighted by Crippen LogP contribution is 2.29. The molecule has 1 aromatic rings. The molecule has 0 amide bonds. The smallest absolute Gasteiger partial charge is 0.191 e. The van der Waals surface area contributed by atoms with E-state index in [4.69, 9.17) is 28.3 Å². The molecule has 0 aliphatic heterocycles. The van der Waals surface area contributed by atoms with Crippen molar-refractivity contribution in [2.24, 2.45) is 0 Å². The van der Waals surface area contributed by atoms with Gasteiger partial charge in [0.15, 0.2) is 16.1 Å². The zero-order valence-electron chi connectivity index (χ0n) is 6.67. The molecule has 1 aromatic heterocycles. The first-order valence-corrected chi connectivity index (χ1v) is 4.20. The van der Waals surface area contributed by atoms with Crippen LogP contribution in [0.25, 0.3) is 0 Å². The molecule has 1 rings (SSSR count). The summed E-state index contributed by atoms with van der Waals surface area (Å²) >= 11 is 11.2. The minimum Gasteiger partial charge on any atom is -0.503 e. The SMILES string of the molecule is CC(C)c1nc(Cl)c(O)c(Cl)n1. The predicted molar refractivity (Wildman–Crippen MR) is 47.8 cm³/mol. The molecule has 0 atom stereocenters. The maximum absolute atomic E-state index is 9.12. The van der Waals surface area contributed by atoms with Crippen molar-refractivity contribution in [3.05, 3.63) is 16.1 Å². The van der Waals surface area contributed by atoms with Gasteiger partial charge in [0.2, 0.25) is 0 Å². The van der Waals surface area contributed by atoms with Crippen LogP contribution in [0.4, 0.5) is 0 Å². The van der Waals surface area contributed by atoms with Crippen LogP contribution in [-0.4, -0.2) is 15.1 Å². The van der Waals surface area contributed by atoms with Gasteiger partial charge in [-0.05, 0) is 0 Å². The maximum Gasteiger partial charge on any atom is 0.191 e. The van der Waals surface area contributed by atoms with Gasteiger partial charge < -0.3 is 5.11 Å². The first-order valence-electron chi connectivity index (χ1n) is 3.44. The summed E-state index contributed by atoms with van der Waals surface area (Å²) < 4.78 is 0.